The number of aliphatic hydroxyl groups is 2. The second-order valence-electron chi connectivity index (χ2n) is 14.2. The molecule has 1 fully saturated rings. The number of nitrogens with zero attached hydrogens (tertiary/aromatic N) is 2. The predicted octanol–water partition coefficient (Wildman–Crippen LogP) is 9.70. The smallest absolute Gasteiger partial charge is 0.269 e. The minimum Gasteiger partial charge on any atom is -0.460 e. The van der Waals surface area contributed by atoms with E-state index in [0.29, 0.717) is 25.9 Å². The van der Waals surface area contributed by atoms with Crippen molar-refractivity contribution in [2.75, 3.05) is 31.8 Å². The molecule has 0 bridgehead atoms. The van der Waals surface area contributed by atoms with Gasteiger partial charge in [-0.15, -0.1) is 18.3 Å². The Labute approximate surface area is 332 Å². The highest BCUT2D eigenvalue weighted by Crippen LogP contribution is 2.62. The van der Waals surface area contributed by atoms with Gasteiger partial charge in [0.15, 0.2) is 0 Å². The molecule has 2 aliphatic carbocycles. The van der Waals surface area contributed by atoms with Crippen LogP contribution in [0.5, 0.6) is 17.2 Å². The number of unbranched alkanes of at least 4 members (excludes halogenated alkanes) is 2. The van der Waals surface area contributed by atoms with Crippen LogP contribution in [0.15, 0.2) is 101 Å². The van der Waals surface area contributed by atoms with Gasteiger partial charge in [0.25, 0.3) is 5.69 Å². The molecule has 0 saturated heterocycles. The zero-order valence-corrected chi connectivity index (χ0v) is 33.3. The summed E-state index contributed by atoms with van der Waals surface area (Å²) in [4.78, 5) is 18.0. The summed E-state index contributed by atoms with van der Waals surface area (Å²) in [6, 6.07) is 20.5. The highest BCUT2D eigenvalue weighted by molar-refractivity contribution is 8.00. The average Bonchev–Trinajstić information content (AvgIpc) is 3.20. The van der Waals surface area contributed by atoms with Crippen LogP contribution in [0.4, 0.5) is 5.69 Å². The summed E-state index contributed by atoms with van der Waals surface area (Å²) >= 11 is 3.47. The van der Waals surface area contributed by atoms with Crippen LogP contribution < -0.4 is 9.47 Å². The van der Waals surface area contributed by atoms with Gasteiger partial charge < -0.3 is 29.3 Å². The molecule has 1 aliphatic heterocycles. The third kappa shape index (κ3) is 9.26. The third-order valence-electron chi connectivity index (χ3n) is 10.8. The molecule has 10 nitrogen and oxygen atoms in total. The van der Waals surface area contributed by atoms with Gasteiger partial charge in [0.1, 0.15) is 23.9 Å². The van der Waals surface area contributed by atoms with Crippen LogP contribution in [0.2, 0.25) is 0 Å². The van der Waals surface area contributed by atoms with E-state index in [4.69, 9.17) is 24.2 Å². The molecule has 6 unspecified atom stereocenters. The summed E-state index contributed by atoms with van der Waals surface area (Å²) in [5.74, 6) is 2.08. The van der Waals surface area contributed by atoms with Crippen molar-refractivity contribution in [1.82, 2.24) is 0 Å². The van der Waals surface area contributed by atoms with Crippen molar-refractivity contribution in [3.63, 3.8) is 0 Å². The number of allylic oxidation sites excluding steroid dienone is 1. The summed E-state index contributed by atoms with van der Waals surface area (Å²) in [7, 11) is 0. The summed E-state index contributed by atoms with van der Waals surface area (Å²) in [6.45, 7) is 6.87. The molecule has 1 saturated carbocycles. The molecule has 294 valence electrons. The van der Waals surface area contributed by atoms with Gasteiger partial charge in [0.2, 0.25) is 5.79 Å². The van der Waals surface area contributed by atoms with Crippen LogP contribution in [0.3, 0.4) is 0 Å². The molecule has 1 heterocycles. The molecule has 55 heavy (non-hydrogen) atoms. The number of nitro groups is 1. The first-order chi connectivity index (χ1) is 26.8. The number of rotatable bonds is 20. The Bertz CT molecular complexity index is 1820. The maximum absolute atomic E-state index is 11.2. The molecule has 6 rings (SSSR count). The first kappa shape index (κ1) is 40.8. The Hall–Kier alpha value is -3.81. The Balaban J connectivity index is 1.47. The fraction of sp³-hybridized carbons (Fsp3) is 0.465. The topological polar surface area (TPSA) is 133 Å². The lowest BCUT2D eigenvalue weighted by Crippen LogP contribution is -2.64. The van der Waals surface area contributed by atoms with E-state index in [2.05, 4.69) is 44.0 Å². The van der Waals surface area contributed by atoms with Crippen molar-refractivity contribution in [1.29, 1.82) is 0 Å². The van der Waals surface area contributed by atoms with Crippen LogP contribution in [0.25, 0.3) is 0 Å². The Morgan fingerprint density at radius 3 is 2.42 bits per heavy atom. The largest absolute Gasteiger partial charge is 0.460 e. The maximum Gasteiger partial charge on any atom is 0.269 e. The van der Waals surface area contributed by atoms with Gasteiger partial charge in [-0.25, -0.2) is 0 Å². The van der Waals surface area contributed by atoms with E-state index < -0.39 is 10.7 Å². The normalized spacial score (nSPS) is 24.6. The quantitative estimate of drug-likeness (QED) is 0.0375. The lowest BCUT2D eigenvalue weighted by Gasteiger charge is -2.58. The predicted molar refractivity (Wildman–Crippen MR) is 219 cm³/mol. The number of aliphatic hydroxyl groups excluding tert-OH is 2. The molecule has 0 amide bonds. The molecule has 6 atom stereocenters. The van der Waals surface area contributed by atoms with E-state index in [1.54, 1.807) is 41.7 Å². The standard InChI is InChI=1S/C43H52N2O8S2/c1-4-24-50-43-40(55-5-2)27-38(44-51-28-29-12-14-31(15-13-29)45(48)49)36-25-30(10-6-8-22-46)35(11-7-9-23-47)41(42(36)43)37-26-33(18-21-39(37)53-43)52-32-16-19-34(54-3)20-17-32/h4,12-21,25-26,30,35,40-42,46-47H,1,5-11,22-24,27-28H2,2-3H3. The van der Waals surface area contributed by atoms with Crippen LogP contribution in [-0.2, 0) is 16.2 Å². The fourth-order valence-corrected chi connectivity index (χ4v) is 10.0. The average molecular weight is 789 g/mol. The Morgan fingerprint density at radius 2 is 1.75 bits per heavy atom. The second-order valence-corrected chi connectivity index (χ2v) is 16.5. The summed E-state index contributed by atoms with van der Waals surface area (Å²) in [5.41, 5.74) is 3.75. The number of oxime groups is 1. The van der Waals surface area contributed by atoms with Gasteiger partial charge in [-0.1, -0.05) is 37.1 Å². The van der Waals surface area contributed by atoms with Gasteiger partial charge in [-0.05, 0) is 115 Å². The number of fused-ring (bicyclic) bond motifs is 2. The first-order valence-electron chi connectivity index (χ1n) is 19.2. The number of hydrogen-bond acceptors (Lipinski definition) is 11. The van der Waals surface area contributed by atoms with E-state index in [1.807, 2.05) is 24.3 Å². The lowest BCUT2D eigenvalue weighted by molar-refractivity contribution is -0.384. The van der Waals surface area contributed by atoms with E-state index in [-0.39, 0.29) is 54.4 Å². The summed E-state index contributed by atoms with van der Waals surface area (Å²) < 4.78 is 20.6. The molecule has 3 aliphatic rings. The molecular weight excluding hydrogens is 737 g/mol. The summed E-state index contributed by atoms with van der Waals surface area (Å²) in [5, 5.41) is 35.6. The molecule has 3 aromatic rings. The van der Waals surface area contributed by atoms with Crippen molar-refractivity contribution in [2.45, 2.75) is 80.3 Å². The monoisotopic (exact) mass is 788 g/mol. The van der Waals surface area contributed by atoms with Gasteiger partial charge in [0, 0.05) is 48.1 Å². The zero-order valence-electron chi connectivity index (χ0n) is 31.6. The van der Waals surface area contributed by atoms with Gasteiger partial charge in [0.05, 0.1) is 28.4 Å². The number of thioether (sulfide) groups is 2. The van der Waals surface area contributed by atoms with Crippen LogP contribution in [0.1, 0.15) is 68.9 Å². The van der Waals surface area contributed by atoms with E-state index in [0.717, 1.165) is 76.0 Å². The van der Waals surface area contributed by atoms with Crippen molar-refractivity contribution in [3.05, 3.63) is 112 Å². The van der Waals surface area contributed by atoms with E-state index in [1.165, 1.54) is 12.1 Å². The SMILES string of the molecule is C=CCOC12Oc3ccc(Oc4ccc(SC)cc4)cc3C3C(CCCCO)C(CCCCO)C=C(C(=NOCc4ccc([N+](=O)[O-])cc4)CC1SCC)C32. The molecule has 12 heteroatoms. The third-order valence-corrected chi connectivity index (χ3v) is 12.8. The van der Waals surface area contributed by atoms with Gasteiger partial charge in [-0.3, -0.25) is 10.1 Å². The highest BCUT2D eigenvalue weighted by atomic mass is 32.2. The molecule has 2 N–H and O–H groups in total. The number of ether oxygens (including phenoxy) is 3. The number of nitro benzene ring substituents is 1. The fourth-order valence-electron chi connectivity index (χ4n) is 8.42. The van der Waals surface area contributed by atoms with E-state index >= 15 is 0 Å². The number of hydrogen-bond donors (Lipinski definition) is 2. The van der Waals surface area contributed by atoms with Crippen LogP contribution in [-0.4, -0.2) is 63.7 Å². The molecule has 3 aromatic carbocycles. The van der Waals surface area contributed by atoms with Crippen molar-refractivity contribution in [2.24, 2.45) is 22.9 Å². The molecular formula is C43H52N2O8S2. The van der Waals surface area contributed by atoms with Crippen molar-refractivity contribution < 1.29 is 34.2 Å². The Kier molecular flexibility index (Phi) is 14.4. The van der Waals surface area contributed by atoms with E-state index in [9.17, 15) is 20.3 Å². The molecule has 0 spiro atoms. The second kappa shape index (κ2) is 19.4. The van der Waals surface area contributed by atoms with Crippen molar-refractivity contribution >= 4 is 34.9 Å². The molecule has 0 aromatic heterocycles. The van der Waals surface area contributed by atoms with Gasteiger partial charge in [-0.2, -0.15) is 11.8 Å². The first-order valence-corrected chi connectivity index (χ1v) is 21.5. The van der Waals surface area contributed by atoms with Gasteiger partial charge >= 0.3 is 0 Å². The summed E-state index contributed by atoms with van der Waals surface area (Å²) in [6.07, 6.45) is 11.7. The Morgan fingerprint density at radius 1 is 1.02 bits per heavy atom. The van der Waals surface area contributed by atoms with Crippen LogP contribution >= 0.6 is 23.5 Å². The number of benzene rings is 3. The lowest BCUT2D eigenvalue weighted by atomic mass is 9.56. The van der Waals surface area contributed by atoms with Crippen molar-refractivity contribution in [3.8, 4) is 17.2 Å². The zero-order chi connectivity index (χ0) is 38.8. The number of non-ortho nitro benzene ring substituents is 1. The van der Waals surface area contributed by atoms with Crippen LogP contribution in [0, 0.1) is 27.9 Å². The maximum atomic E-state index is 11.2. The minimum atomic E-state index is -1.03. The molecule has 0 radical (unpaired) electrons. The minimum absolute atomic E-state index is 0.0245. The highest BCUT2D eigenvalue weighted by Gasteiger charge is 2.63.